The number of rotatable bonds is 4. The lowest BCUT2D eigenvalue weighted by Gasteiger charge is -2.28. The number of nitrogens with zero attached hydrogens (tertiary/aromatic N) is 1. The van der Waals surface area contributed by atoms with Gasteiger partial charge in [-0.3, -0.25) is 9.78 Å². The Hall–Kier alpha value is -2.00. The molecule has 1 aromatic carbocycles. The topological polar surface area (TPSA) is 50.2 Å². The Morgan fingerprint density at radius 2 is 2.00 bits per heavy atom. The summed E-state index contributed by atoms with van der Waals surface area (Å²) < 4.78 is 0. The molecule has 3 rings (SSSR count). The molecule has 1 aromatic heterocycles. The van der Waals surface area contributed by atoms with Crippen LogP contribution >= 0.6 is 0 Å². The number of pyridine rings is 1. The molecule has 0 bridgehead atoms. The molecule has 0 aliphatic heterocycles. The Morgan fingerprint density at radius 1 is 1.19 bits per heavy atom. The Balaban J connectivity index is 1.70. The van der Waals surface area contributed by atoms with Gasteiger partial charge in [-0.2, -0.15) is 0 Å². The van der Waals surface area contributed by atoms with Gasteiger partial charge in [0.2, 0.25) is 0 Å². The molecule has 21 heavy (non-hydrogen) atoms. The van der Waals surface area contributed by atoms with Crippen LogP contribution in [0, 0.1) is 0 Å². The van der Waals surface area contributed by atoms with Gasteiger partial charge in [0.05, 0.1) is 6.10 Å². The number of Topliss-reactive ketones (excluding diaryl/α,β-unsaturated/α-hetero) is 1. The van der Waals surface area contributed by atoms with Crippen LogP contribution in [-0.2, 0) is 6.42 Å². The van der Waals surface area contributed by atoms with Crippen molar-refractivity contribution in [3.63, 3.8) is 0 Å². The minimum Gasteiger partial charge on any atom is -0.393 e. The highest BCUT2D eigenvalue weighted by Crippen LogP contribution is 2.35. The number of aliphatic hydroxyl groups is 1. The Labute approximate surface area is 124 Å². The average molecular weight is 281 g/mol. The van der Waals surface area contributed by atoms with Crippen LogP contribution in [0.5, 0.6) is 0 Å². The van der Waals surface area contributed by atoms with Gasteiger partial charge in [0.15, 0.2) is 5.78 Å². The minimum absolute atomic E-state index is 0.0770. The van der Waals surface area contributed by atoms with Gasteiger partial charge < -0.3 is 5.11 Å². The van der Waals surface area contributed by atoms with Gasteiger partial charge in [0.1, 0.15) is 5.69 Å². The predicted molar refractivity (Wildman–Crippen MR) is 81.3 cm³/mol. The summed E-state index contributed by atoms with van der Waals surface area (Å²) in [6, 6.07) is 13.6. The van der Waals surface area contributed by atoms with Gasteiger partial charge in [-0.05, 0) is 48.4 Å². The van der Waals surface area contributed by atoms with Gasteiger partial charge >= 0.3 is 0 Å². The van der Waals surface area contributed by atoms with Gasteiger partial charge in [-0.15, -0.1) is 0 Å². The van der Waals surface area contributed by atoms with Crippen LogP contribution in [0.1, 0.15) is 46.8 Å². The number of carbonyl (C=O) groups excluding carboxylic acids is 1. The molecular weight excluding hydrogens is 262 g/mol. The highest BCUT2D eigenvalue weighted by atomic mass is 16.3. The standard InChI is InChI=1S/C18H19NO2/c20-15-11-13-5-1-2-6-16(13)14(12-15)8-9-18(21)17-7-3-4-10-19-17/h1-7,10,14-15,20H,8-9,11-12H2. The summed E-state index contributed by atoms with van der Waals surface area (Å²) in [6.45, 7) is 0. The number of aromatic nitrogens is 1. The molecule has 1 N–H and O–H groups in total. The molecular formula is C18H19NO2. The number of aliphatic hydroxyl groups excluding tert-OH is 1. The van der Waals surface area contributed by atoms with Crippen LogP contribution in [0.4, 0.5) is 0 Å². The lowest BCUT2D eigenvalue weighted by molar-refractivity contribution is 0.0962. The molecule has 2 atom stereocenters. The monoisotopic (exact) mass is 281 g/mol. The summed E-state index contributed by atoms with van der Waals surface area (Å²) in [6.07, 6.45) is 4.06. The van der Waals surface area contributed by atoms with E-state index in [1.165, 1.54) is 11.1 Å². The molecule has 108 valence electrons. The highest BCUT2D eigenvalue weighted by Gasteiger charge is 2.25. The van der Waals surface area contributed by atoms with E-state index in [4.69, 9.17) is 0 Å². The summed E-state index contributed by atoms with van der Waals surface area (Å²) in [7, 11) is 0. The van der Waals surface area contributed by atoms with Crippen molar-refractivity contribution in [3.8, 4) is 0 Å². The zero-order valence-corrected chi connectivity index (χ0v) is 11.9. The first-order valence-electron chi connectivity index (χ1n) is 7.44. The largest absolute Gasteiger partial charge is 0.393 e. The first-order valence-corrected chi connectivity index (χ1v) is 7.44. The van der Waals surface area contributed by atoms with Crippen molar-refractivity contribution >= 4 is 5.78 Å². The first kappa shape index (κ1) is 14.0. The third kappa shape index (κ3) is 3.19. The molecule has 0 spiro atoms. The number of fused-ring (bicyclic) bond motifs is 1. The number of benzene rings is 1. The Morgan fingerprint density at radius 3 is 2.81 bits per heavy atom. The lowest BCUT2D eigenvalue weighted by Crippen LogP contribution is -2.23. The fourth-order valence-electron chi connectivity index (χ4n) is 3.15. The summed E-state index contributed by atoms with van der Waals surface area (Å²) in [5.74, 6) is 0.339. The van der Waals surface area contributed by atoms with E-state index in [-0.39, 0.29) is 17.8 Å². The lowest BCUT2D eigenvalue weighted by atomic mass is 9.79. The van der Waals surface area contributed by atoms with E-state index in [1.54, 1.807) is 12.3 Å². The van der Waals surface area contributed by atoms with Crippen molar-refractivity contribution in [2.45, 2.75) is 37.7 Å². The molecule has 2 aromatic rings. The van der Waals surface area contributed by atoms with E-state index < -0.39 is 0 Å². The van der Waals surface area contributed by atoms with Crippen LogP contribution in [0.2, 0.25) is 0 Å². The fourth-order valence-corrected chi connectivity index (χ4v) is 3.15. The SMILES string of the molecule is O=C(CCC1CC(O)Cc2ccccc21)c1ccccn1. The molecule has 1 aliphatic rings. The summed E-state index contributed by atoms with van der Waals surface area (Å²) in [4.78, 5) is 16.3. The van der Waals surface area contributed by atoms with Crippen molar-refractivity contribution < 1.29 is 9.90 Å². The third-order valence-corrected chi connectivity index (χ3v) is 4.18. The normalized spacial score (nSPS) is 20.8. The first-order chi connectivity index (χ1) is 10.2. The van der Waals surface area contributed by atoms with Crippen molar-refractivity contribution in [1.29, 1.82) is 0 Å². The van der Waals surface area contributed by atoms with E-state index in [0.717, 1.165) is 19.3 Å². The quantitative estimate of drug-likeness (QED) is 0.876. The molecule has 1 heterocycles. The predicted octanol–water partition coefficient (Wildman–Crippen LogP) is 3.14. The molecule has 0 saturated heterocycles. The van der Waals surface area contributed by atoms with Crippen LogP contribution < -0.4 is 0 Å². The van der Waals surface area contributed by atoms with Crippen LogP contribution in [0.15, 0.2) is 48.7 Å². The second-order valence-corrected chi connectivity index (χ2v) is 5.67. The fraction of sp³-hybridized carbons (Fsp3) is 0.333. The second kappa shape index (κ2) is 6.19. The minimum atomic E-state index is -0.296. The Kier molecular flexibility index (Phi) is 4.11. The average Bonchev–Trinajstić information content (AvgIpc) is 2.53. The van der Waals surface area contributed by atoms with Gasteiger partial charge in [-0.1, -0.05) is 30.3 Å². The third-order valence-electron chi connectivity index (χ3n) is 4.18. The maximum atomic E-state index is 12.2. The van der Waals surface area contributed by atoms with Crippen molar-refractivity contribution in [1.82, 2.24) is 4.98 Å². The maximum Gasteiger partial charge on any atom is 0.181 e. The van der Waals surface area contributed by atoms with E-state index in [1.807, 2.05) is 24.3 Å². The van der Waals surface area contributed by atoms with Crippen LogP contribution in [0.25, 0.3) is 0 Å². The van der Waals surface area contributed by atoms with Gasteiger partial charge in [0, 0.05) is 12.6 Å². The smallest absolute Gasteiger partial charge is 0.181 e. The molecule has 3 nitrogen and oxygen atoms in total. The van der Waals surface area contributed by atoms with Crippen molar-refractivity contribution in [2.24, 2.45) is 0 Å². The molecule has 1 aliphatic carbocycles. The Bertz CT molecular complexity index is 624. The molecule has 0 saturated carbocycles. The summed E-state index contributed by atoms with van der Waals surface area (Å²) >= 11 is 0. The van der Waals surface area contributed by atoms with Gasteiger partial charge in [-0.25, -0.2) is 0 Å². The number of carbonyl (C=O) groups is 1. The van der Waals surface area contributed by atoms with Gasteiger partial charge in [0.25, 0.3) is 0 Å². The molecule has 2 unspecified atom stereocenters. The molecule has 0 amide bonds. The highest BCUT2D eigenvalue weighted by molar-refractivity contribution is 5.94. The van der Waals surface area contributed by atoms with Crippen LogP contribution in [0.3, 0.4) is 0 Å². The molecule has 0 fully saturated rings. The van der Waals surface area contributed by atoms with E-state index in [2.05, 4.69) is 17.1 Å². The van der Waals surface area contributed by atoms with E-state index >= 15 is 0 Å². The number of ketones is 1. The zero-order chi connectivity index (χ0) is 14.7. The summed E-state index contributed by atoms with van der Waals surface area (Å²) in [5, 5.41) is 10.0. The van der Waals surface area contributed by atoms with Crippen LogP contribution in [-0.4, -0.2) is 22.0 Å². The molecule has 3 heteroatoms. The molecule has 0 radical (unpaired) electrons. The zero-order valence-electron chi connectivity index (χ0n) is 11.9. The second-order valence-electron chi connectivity index (χ2n) is 5.67. The van der Waals surface area contributed by atoms with E-state index in [0.29, 0.717) is 12.1 Å². The van der Waals surface area contributed by atoms with E-state index in [9.17, 15) is 9.90 Å². The number of hydrogen-bond donors (Lipinski definition) is 1. The van der Waals surface area contributed by atoms with Crippen molar-refractivity contribution in [2.75, 3.05) is 0 Å². The van der Waals surface area contributed by atoms with Crippen molar-refractivity contribution in [3.05, 3.63) is 65.5 Å². The summed E-state index contributed by atoms with van der Waals surface area (Å²) in [5.41, 5.74) is 3.03. The number of hydrogen-bond acceptors (Lipinski definition) is 3. The maximum absolute atomic E-state index is 12.2.